The van der Waals surface area contributed by atoms with Crippen molar-refractivity contribution in [1.82, 2.24) is 5.32 Å². The van der Waals surface area contributed by atoms with Gasteiger partial charge in [-0.2, -0.15) is 0 Å². The van der Waals surface area contributed by atoms with Crippen LogP contribution in [0.15, 0.2) is 12.3 Å². The minimum absolute atomic E-state index is 0.348. The number of hydrogen-bond donors (Lipinski definition) is 1. The molecule has 3 nitrogen and oxygen atoms in total. The fourth-order valence-electron chi connectivity index (χ4n) is 0.231. The highest BCUT2D eigenvalue weighted by Crippen LogP contribution is 1.70. The van der Waals surface area contributed by atoms with Crippen molar-refractivity contribution in [2.24, 2.45) is 0 Å². The summed E-state index contributed by atoms with van der Waals surface area (Å²) in [6, 6.07) is 0. The maximum Gasteiger partial charge on any atom is 0.211 e. The van der Waals surface area contributed by atoms with Crippen molar-refractivity contribution in [3.05, 3.63) is 12.3 Å². The number of carbonyl (C=O) groups excluding carboxylic acids is 2. The molecule has 8 heavy (non-hydrogen) atoms. The van der Waals surface area contributed by atoms with Crippen molar-refractivity contribution >= 4 is 12.7 Å². The molecule has 0 aromatic carbocycles. The summed E-state index contributed by atoms with van der Waals surface area (Å²) in [5, 5.41) is 2.26. The zero-order valence-corrected chi connectivity index (χ0v) is 4.33. The van der Waals surface area contributed by atoms with Crippen LogP contribution >= 0.6 is 0 Å². The molecular formula is C5H7NO2. The minimum atomic E-state index is 0.348. The first-order chi connectivity index (χ1) is 3.91. The van der Waals surface area contributed by atoms with Crippen LogP contribution < -0.4 is 5.32 Å². The Balaban J connectivity index is 3.06. The Labute approximate surface area is 47.4 Å². The molecule has 0 aromatic heterocycles. The van der Waals surface area contributed by atoms with Gasteiger partial charge in [-0.05, 0) is 6.20 Å². The summed E-state index contributed by atoms with van der Waals surface area (Å²) in [6.07, 6.45) is 4.62. The SMILES string of the molecule is O=CC/C=C\NC=O. The highest BCUT2D eigenvalue weighted by atomic mass is 16.1. The molecule has 0 saturated carbocycles. The highest BCUT2D eigenvalue weighted by molar-refractivity contribution is 5.52. The zero-order valence-electron chi connectivity index (χ0n) is 4.33. The fourth-order valence-corrected chi connectivity index (χ4v) is 0.231. The predicted octanol–water partition coefficient (Wildman–Crippen LogP) is -0.165. The first-order valence-corrected chi connectivity index (χ1v) is 2.20. The molecule has 0 radical (unpaired) electrons. The Morgan fingerprint density at radius 2 is 2.12 bits per heavy atom. The summed E-state index contributed by atoms with van der Waals surface area (Å²) in [5.74, 6) is 0. The fraction of sp³-hybridized carbons (Fsp3) is 0.200. The molecule has 0 saturated heterocycles. The molecule has 1 N–H and O–H groups in total. The highest BCUT2D eigenvalue weighted by Gasteiger charge is 1.68. The molecular weight excluding hydrogens is 106 g/mol. The smallest absolute Gasteiger partial charge is 0.211 e. The van der Waals surface area contributed by atoms with Gasteiger partial charge in [-0.1, -0.05) is 6.08 Å². The van der Waals surface area contributed by atoms with Crippen molar-refractivity contribution in [1.29, 1.82) is 0 Å². The number of hydrogen-bond acceptors (Lipinski definition) is 2. The number of aldehydes is 1. The third kappa shape index (κ3) is 4.88. The summed E-state index contributed by atoms with van der Waals surface area (Å²) in [6.45, 7) is 0. The Bertz CT molecular complexity index is 86.6. The molecule has 0 heterocycles. The van der Waals surface area contributed by atoms with E-state index in [9.17, 15) is 9.59 Å². The van der Waals surface area contributed by atoms with E-state index in [1.54, 1.807) is 6.08 Å². The summed E-state index contributed by atoms with van der Waals surface area (Å²) in [4.78, 5) is 19.1. The van der Waals surface area contributed by atoms with Crippen LogP contribution in [0.5, 0.6) is 0 Å². The van der Waals surface area contributed by atoms with Crippen molar-refractivity contribution in [3.8, 4) is 0 Å². The monoisotopic (exact) mass is 113 g/mol. The van der Waals surface area contributed by atoms with Gasteiger partial charge in [-0.15, -0.1) is 0 Å². The molecule has 44 valence electrons. The van der Waals surface area contributed by atoms with Gasteiger partial charge < -0.3 is 10.1 Å². The Kier molecular flexibility index (Phi) is 5.06. The second kappa shape index (κ2) is 5.88. The van der Waals surface area contributed by atoms with Crippen LogP contribution in [0.1, 0.15) is 6.42 Å². The Morgan fingerprint density at radius 3 is 2.62 bits per heavy atom. The van der Waals surface area contributed by atoms with Gasteiger partial charge >= 0.3 is 0 Å². The van der Waals surface area contributed by atoms with Gasteiger partial charge in [0.1, 0.15) is 6.29 Å². The normalized spacial score (nSPS) is 9.00. The van der Waals surface area contributed by atoms with E-state index in [1.165, 1.54) is 6.20 Å². The lowest BCUT2D eigenvalue weighted by Gasteiger charge is -1.78. The van der Waals surface area contributed by atoms with E-state index in [0.29, 0.717) is 12.8 Å². The average molecular weight is 113 g/mol. The molecule has 0 aromatic rings. The van der Waals surface area contributed by atoms with Gasteiger partial charge in [0, 0.05) is 6.42 Å². The van der Waals surface area contributed by atoms with Crippen LogP contribution in [-0.4, -0.2) is 12.7 Å². The maximum absolute atomic E-state index is 9.60. The molecule has 3 heteroatoms. The van der Waals surface area contributed by atoms with E-state index in [-0.39, 0.29) is 0 Å². The first-order valence-electron chi connectivity index (χ1n) is 2.20. The first kappa shape index (κ1) is 6.88. The minimum Gasteiger partial charge on any atom is -0.336 e. The molecule has 1 amide bonds. The summed E-state index contributed by atoms with van der Waals surface area (Å²) < 4.78 is 0. The van der Waals surface area contributed by atoms with Gasteiger partial charge in [0.15, 0.2) is 0 Å². The summed E-state index contributed by atoms with van der Waals surface area (Å²) >= 11 is 0. The van der Waals surface area contributed by atoms with Crippen LogP contribution in [0.3, 0.4) is 0 Å². The standard InChI is InChI=1S/C5H7NO2/c7-4-2-1-3-6-5-8/h1,3-5H,2H2,(H,6,8)/b3-1-. The van der Waals surface area contributed by atoms with E-state index in [1.807, 2.05) is 0 Å². The number of rotatable bonds is 4. The van der Waals surface area contributed by atoms with Crippen molar-refractivity contribution < 1.29 is 9.59 Å². The van der Waals surface area contributed by atoms with E-state index < -0.39 is 0 Å². The third-order valence-corrected chi connectivity index (χ3v) is 0.514. The quantitative estimate of drug-likeness (QED) is 0.515. The van der Waals surface area contributed by atoms with Gasteiger partial charge in [0.2, 0.25) is 6.41 Å². The predicted molar refractivity (Wildman–Crippen MR) is 29.0 cm³/mol. The lowest BCUT2D eigenvalue weighted by atomic mass is 10.5. The van der Waals surface area contributed by atoms with Crippen LogP contribution in [-0.2, 0) is 9.59 Å². The average Bonchev–Trinajstić information content (AvgIpc) is 1.81. The zero-order chi connectivity index (χ0) is 6.24. The Morgan fingerprint density at radius 1 is 1.38 bits per heavy atom. The molecule has 0 rings (SSSR count). The molecule has 0 aliphatic rings. The molecule has 0 fully saturated rings. The summed E-state index contributed by atoms with van der Waals surface area (Å²) in [5.41, 5.74) is 0. The number of carbonyl (C=O) groups is 2. The molecule has 0 aliphatic carbocycles. The molecule has 0 aliphatic heterocycles. The topological polar surface area (TPSA) is 46.2 Å². The number of amides is 1. The van der Waals surface area contributed by atoms with Crippen molar-refractivity contribution in [2.45, 2.75) is 6.42 Å². The van der Waals surface area contributed by atoms with E-state index >= 15 is 0 Å². The second-order valence-electron chi connectivity index (χ2n) is 1.09. The number of allylic oxidation sites excluding steroid dienone is 1. The van der Waals surface area contributed by atoms with Crippen molar-refractivity contribution in [3.63, 3.8) is 0 Å². The van der Waals surface area contributed by atoms with Crippen LogP contribution in [0.4, 0.5) is 0 Å². The maximum atomic E-state index is 9.60. The largest absolute Gasteiger partial charge is 0.336 e. The molecule has 0 bridgehead atoms. The third-order valence-electron chi connectivity index (χ3n) is 0.514. The molecule has 0 spiro atoms. The van der Waals surface area contributed by atoms with Crippen molar-refractivity contribution in [2.75, 3.05) is 0 Å². The van der Waals surface area contributed by atoms with Gasteiger partial charge in [-0.3, -0.25) is 4.79 Å². The lowest BCUT2D eigenvalue weighted by molar-refractivity contribution is -0.109. The molecule has 0 unspecified atom stereocenters. The van der Waals surface area contributed by atoms with E-state index in [2.05, 4.69) is 5.32 Å². The van der Waals surface area contributed by atoms with Gasteiger partial charge in [-0.25, -0.2) is 0 Å². The molecule has 0 atom stereocenters. The number of nitrogens with one attached hydrogen (secondary N) is 1. The van der Waals surface area contributed by atoms with E-state index in [4.69, 9.17) is 0 Å². The Hall–Kier alpha value is -1.12. The van der Waals surface area contributed by atoms with E-state index in [0.717, 1.165) is 6.29 Å². The van der Waals surface area contributed by atoms with Crippen LogP contribution in [0.2, 0.25) is 0 Å². The lowest BCUT2D eigenvalue weighted by Crippen LogP contribution is -1.97. The van der Waals surface area contributed by atoms with Crippen LogP contribution in [0, 0.1) is 0 Å². The van der Waals surface area contributed by atoms with Gasteiger partial charge in [0.25, 0.3) is 0 Å². The second-order valence-corrected chi connectivity index (χ2v) is 1.09. The van der Waals surface area contributed by atoms with Gasteiger partial charge in [0.05, 0.1) is 0 Å². The van der Waals surface area contributed by atoms with Crippen LogP contribution in [0.25, 0.3) is 0 Å². The summed E-state index contributed by atoms with van der Waals surface area (Å²) in [7, 11) is 0.